The summed E-state index contributed by atoms with van der Waals surface area (Å²) in [4.78, 5) is 27.1. The van der Waals surface area contributed by atoms with Crippen molar-refractivity contribution in [1.29, 1.82) is 0 Å². The van der Waals surface area contributed by atoms with Gasteiger partial charge in [-0.05, 0) is 0 Å². The van der Waals surface area contributed by atoms with Gasteiger partial charge < -0.3 is 10.3 Å². The first-order valence-electron chi connectivity index (χ1n) is 3.00. The van der Waals surface area contributed by atoms with Crippen LogP contribution < -0.4 is 5.32 Å². The molecule has 0 bridgehead atoms. The third kappa shape index (κ3) is 1.43. The zero-order valence-corrected chi connectivity index (χ0v) is 5.92. The molecule has 0 aliphatic rings. The van der Waals surface area contributed by atoms with Crippen LogP contribution in [0.25, 0.3) is 0 Å². The number of rotatable bonds is 3. The molecule has 0 atom stereocenters. The van der Waals surface area contributed by atoms with Gasteiger partial charge in [-0.1, -0.05) is 0 Å². The van der Waals surface area contributed by atoms with Gasteiger partial charge in [-0.15, -0.1) is 0 Å². The molecule has 1 amide bonds. The van der Waals surface area contributed by atoms with Gasteiger partial charge in [0.15, 0.2) is 11.6 Å². The average Bonchev–Trinajstić information content (AvgIpc) is 2.36. The Balaban J connectivity index is 2.95. The highest BCUT2D eigenvalue weighted by Gasteiger charge is 2.07. The van der Waals surface area contributed by atoms with E-state index in [9.17, 15) is 9.59 Å². The number of nitrogens with zero attached hydrogens (tertiary/aromatic N) is 1. The summed E-state index contributed by atoms with van der Waals surface area (Å²) >= 11 is 0. The maximum absolute atomic E-state index is 10.8. The van der Waals surface area contributed by atoms with E-state index < -0.39 is 0 Å². The van der Waals surface area contributed by atoms with E-state index in [0.29, 0.717) is 12.1 Å². The lowest BCUT2D eigenvalue weighted by atomic mass is 10.3. The molecule has 0 unspecified atom stereocenters. The molecule has 5 nitrogen and oxygen atoms in total. The van der Waals surface area contributed by atoms with E-state index in [-0.39, 0.29) is 11.6 Å². The highest BCUT2D eigenvalue weighted by molar-refractivity contribution is 5.98. The van der Waals surface area contributed by atoms with Gasteiger partial charge in [-0.3, -0.25) is 9.59 Å². The molecule has 0 fully saturated rings. The van der Waals surface area contributed by atoms with Crippen molar-refractivity contribution in [2.45, 2.75) is 6.92 Å². The van der Waals surface area contributed by atoms with Crippen LogP contribution in [0.2, 0.25) is 0 Å². The minimum atomic E-state index is -0.160. The minimum Gasteiger partial charge on any atom is -0.340 e. The molecule has 0 aliphatic carbocycles. The van der Waals surface area contributed by atoms with E-state index in [2.05, 4.69) is 15.3 Å². The van der Waals surface area contributed by atoms with Crippen LogP contribution >= 0.6 is 0 Å². The Labute approximate surface area is 62.8 Å². The zero-order valence-electron chi connectivity index (χ0n) is 5.92. The Morgan fingerprint density at radius 2 is 2.55 bits per heavy atom. The second-order valence-electron chi connectivity index (χ2n) is 1.94. The molecule has 5 heteroatoms. The first-order valence-corrected chi connectivity index (χ1v) is 3.00. The summed E-state index contributed by atoms with van der Waals surface area (Å²) in [6, 6.07) is 0. The summed E-state index contributed by atoms with van der Waals surface area (Å²) in [6.07, 6.45) is 1.82. The number of hydrogen-bond donors (Lipinski definition) is 2. The van der Waals surface area contributed by atoms with Gasteiger partial charge in [-0.2, -0.15) is 0 Å². The van der Waals surface area contributed by atoms with E-state index in [1.54, 1.807) is 0 Å². The highest BCUT2D eigenvalue weighted by Crippen LogP contribution is 2.07. The predicted molar refractivity (Wildman–Crippen MR) is 38.3 cm³/mol. The van der Waals surface area contributed by atoms with Gasteiger partial charge in [0.2, 0.25) is 6.41 Å². The highest BCUT2D eigenvalue weighted by atomic mass is 16.1. The van der Waals surface area contributed by atoms with Crippen molar-refractivity contribution in [3.8, 4) is 0 Å². The molecule has 0 spiro atoms. The van der Waals surface area contributed by atoms with Crippen LogP contribution in [-0.2, 0) is 4.79 Å². The third-order valence-electron chi connectivity index (χ3n) is 1.19. The second-order valence-corrected chi connectivity index (χ2v) is 1.94. The van der Waals surface area contributed by atoms with Crippen LogP contribution in [0.1, 0.15) is 17.4 Å². The number of H-pyrrole nitrogens is 1. The van der Waals surface area contributed by atoms with Crippen molar-refractivity contribution in [3.63, 3.8) is 0 Å². The number of carbonyl (C=O) groups is 2. The maximum atomic E-state index is 10.8. The first-order chi connectivity index (χ1) is 5.25. The zero-order chi connectivity index (χ0) is 8.27. The van der Waals surface area contributed by atoms with Crippen molar-refractivity contribution >= 4 is 18.0 Å². The van der Waals surface area contributed by atoms with E-state index in [1.165, 1.54) is 13.3 Å². The summed E-state index contributed by atoms with van der Waals surface area (Å²) in [5.41, 5.74) is 0.317. The molecule has 58 valence electrons. The molecule has 0 aliphatic heterocycles. The summed E-state index contributed by atoms with van der Waals surface area (Å²) in [6.45, 7) is 1.39. The fourth-order valence-electron chi connectivity index (χ4n) is 0.728. The van der Waals surface area contributed by atoms with Gasteiger partial charge in [-0.25, -0.2) is 4.98 Å². The lowest BCUT2D eigenvalue weighted by Crippen LogP contribution is -2.01. The van der Waals surface area contributed by atoms with Crippen molar-refractivity contribution in [1.82, 2.24) is 9.97 Å². The normalized spacial score (nSPS) is 9.18. The number of carbonyl (C=O) groups excluding carboxylic acids is 2. The van der Waals surface area contributed by atoms with Crippen molar-refractivity contribution < 1.29 is 9.59 Å². The van der Waals surface area contributed by atoms with Crippen LogP contribution in [-0.4, -0.2) is 22.2 Å². The van der Waals surface area contributed by atoms with E-state index >= 15 is 0 Å². The summed E-state index contributed by atoms with van der Waals surface area (Å²) in [5.74, 6) is 0.111. The molecule has 11 heavy (non-hydrogen) atoms. The fourth-order valence-corrected chi connectivity index (χ4v) is 0.728. The van der Waals surface area contributed by atoms with Crippen LogP contribution in [0.5, 0.6) is 0 Å². The monoisotopic (exact) mass is 153 g/mol. The third-order valence-corrected chi connectivity index (χ3v) is 1.19. The molecule has 1 heterocycles. The van der Waals surface area contributed by atoms with Gasteiger partial charge in [0, 0.05) is 6.92 Å². The molecule has 2 N–H and O–H groups in total. The molecule has 1 rings (SSSR count). The molecule has 0 radical (unpaired) electrons. The second kappa shape index (κ2) is 2.96. The van der Waals surface area contributed by atoms with Crippen LogP contribution in [0.4, 0.5) is 5.82 Å². The largest absolute Gasteiger partial charge is 0.340 e. The van der Waals surface area contributed by atoms with Gasteiger partial charge >= 0.3 is 0 Å². The van der Waals surface area contributed by atoms with Gasteiger partial charge in [0.1, 0.15) is 5.69 Å². The van der Waals surface area contributed by atoms with E-state index in [1.807, 2.05) is 0 Å². The number of aromatic amines is 1. The van der Waals surface area contributed by atoms with Crippen LogP contribution in [0.15, 0.2) is 6.33 Å². The summed E-state index contributed by atoms with van der Waals surface area (Å²) in [5, 5.41) is 2.29. The van der Waals surface area contributed by atoms with E-state index in [4.69, 9.17) is 0 Å². The number of imidazole rings is 1. The molecular weight excluding hydrogens is 146 g/mol. The summed E-state index contributed by atoms with van der Waals surface area (Å²) in [7, 11) is 0. The lowest BCUT2D eigenvalue weighted by molar-refractivity contribution is -0.105. The number of Topliss-reactive ketones (excluding diaryl/α,β-unsaturated/α-hetero) is 1. The Kier molecular flexibility index (Phi) is 2.00. The fraction of sp³-hybridized carbons (Fsp3) is 0.167. The number of ketones is 1. The SMILES string of the molecule is CC(=O)c1[nH]cnc1NC=O. The lowest BCUT2D eigenvalue weighted by Gasteiger charge is -1.93. The quantitative estimate of drug-likeness (QED) is 0.480. The molecule has 1 aromatic heterocycles. The molecule has 0 saturated heterocycles. The van der Waals surface area contributed by atoms with Crippen molar-refractivity contribution in [2.75, 3.05) is 5.32 Å². The molecule has 0 aromatic carbocycles. The Morgan fingerprint density at radius 1 is 1.82 bits per heavy atom. The maximum Gasteiger partial charge on any atom is 0.212 e. The van der Waals surface area contributed by atoms with Crippen molar-refractivity contribution in [2.24, 2.45) is 0 Å². The Morgan fingerprint density at radius 3 is 3.09 bits per heavy atom. The number of anilines is 1. The number of nitrogens with one attached hydrogen (secondary N) is 2. The van der Waals surface area contributed by atoms with Crippen LogP contribution in [0.3, 0.4) is 0 Å². The average molecular weight is 153 g/mol. The standard InChI is InChI=1S/C6H7N3O2/c1-4(11)5-6(9-3-10)8-2-7-5/h2-3H,1H3,(H,7,8)(H,9,10). The van der Waals surface area contributed by atoms with E-state index in [0.717, 1.165) is 0 Å². The molecule has 0 saturated carbocycles. The van der Waals surface area contributed by atoms with Gasteiger partial charge in [0.25, 0.3) is 0 Å². The van der Waals surface area contributed by atoms with Crippen LogP contribution in [0, 0.1) is 0 Å². The first kappa shape index (κ1) is 7.46. The smallest absolute Gasteiger partial charge is 0.212 e. The summed E-state index contributed by atoms with van der Waals surface area (Å²) < 4.78 is 0. The van der Waals surface area contributed by atoms with Crippen molar-refractivity contribution in [3.05, 3.63) is 12.0 Å². The number of hydrogen-bond acceptors (Lipinski definition) is 3. The predicted octanol–water partition coefficient (Wildman–Crippen LogP) is 0.181. The number of amides is 1. The minimum absolute atomic E-state index is 0.160. The van der Waals surface area contributed by atoms with Gasteiger partial charge in [0.05, 0.1) is 6.33 Å². The topological polar surface area (TPSA) is 74.8 Å². The number of aromatic nitrogens is 2. The molecular formula is C6H7N3O2. The Hall–Kier alpha value is -1.65. The molecule has 1 aromatic rings. The Bertz CT molecular complexity index is 279.